The summed E-state index contributed by atoms with van der Waals surface area (Å²) in [5.41, 5.74) is 4.90. The third-order valence-corrected chi connectivity index (χ3v) is 1.19. The van der Waals surface area contributed by atoms with Gasteiger partial charge in [-0.15, -0.1) is 0 Å². The number of hydrogen-bond donors (Lipinski definition) is 2. The van der Waals surface area contributed by atoms with Gasteiger partial charge in [-0.2, -0.15) is 5.26 Å². The van der Waals surface area contributed by atoms with Crippen LogP contribution in [0.25, 0.3) is 0 Å². The highest BCUT2D eigenvalue weighted by Gasteiger charge is 1.92. The van der Waals surface area contributed by atoms with E-state index in [0.717, 1.165) is 13.0 Å². The molecule has 0 aliphatic carbocycles. The molecule has 0 rings (SSSR count). The molecule has 0 aromatic heterocycles. The number of nitrogens with two attached hydrogens (primary N) is 1. The fourth-order valence-electron chi connectivity index (χ4n) is 0.629. The Hall–Kier alpha value is -1.08. The lowest BCUT2D eigenvalue weighted by Crippen LogP contribution is -2.22. The first-order chi connectivity index (χ1) is 5.27. The van der Waals surface area contributed by atoms with Crippen molar-refractivity contribution in [2.45, 2.75) is 19.3 Å². The smallest absolute Gasteiger partial charge is 0.218 e. The van der Waals surface area contributed by atoms with E-state index < -0.39 is 0 Å². The molecule has 11 heavy (non-hydrogen) atoms. The highest BCUT2D eigenvalue weighted by Crippen LogP contribution is 1.82. The summed E-state index contributed by atoms with van der Waals surface area (Å²) in [5.74, 6) is -0.294. The molecule has 0 atom stereocenters. The number of rotatable bonds is 6. The first-order valence-electron chi connectivity index (χ1n) is 3.63. The van der Waals surface area contributed by atoms with Crippen LogP contribution in [-0.4, -0.2) is 19.0 Å². The van der Waals surface area contributed by atoms with E-state index in [1.165, 1.54) is 0 Å². The molecule has 0 radical (unpaired) electrons. The van der Waals surface area contributed by atoms with Crippen LogP contribution >= 0.6 is 0 Å². The summed E-state index contributed by atoms with van der Waals surface area (Å²) in [4.78, 5) is 10.2. The standard InChI is InChI=1S/C7H13N3O/c8-4-1-2-5-10-6-3-7(9)11/h10H,1-3,5-6H2,(H2,9,11). The molecule has 0 heterocycles. The Morgan fingerprint density at radius 3 is 2.82 bits per heavy atom. The topological polar surface area (TPSA) is 78.9 Å². The third kappa shape index (κ3) is 8.92. The third-order valence-electron chi connectivity index (χ3n) is 1.19. The van der Waals surface area contributed by atoms with E-state index in [0.29, 0.717) is 19.4 Å². The van der Waals surface area contributed by atoms with Crippen LogP contribution in [0.5, 0.6) is 0 Å². The average molecular weight is 155 g/mol. The minimum Gasteiger partial charge on any atom is -0.370 e. The molecule has 0 bridgehead atoms. The van der Waals surface area contributed by atoms with Gasteiger partial charge in [-0.25, -0.2) is 0 Å². The number of amides is 1. The first kappa shape index (κ1) is 9.92. The summed E-state index contributed by atoms with van der Waals surface area (Å²) >= 11 is 0. The molecule has 0 aromatic carbocycles. The van der Waals surface area contributed by atoms with Gasteiger partial charge in [-0.1, -0.05) is 0 Å². The second-order valence-corrected chi connectivity index (χ2v) is 2.23. The fourth-order valence-corrected chi connectivity index (χ4v) is 0.629. The van der Waals surface area contributed by atoms with Gasteiger partial charge in [0.05, 0.1) is 6.07 Å². The maximum atomic E-state index is 10.2. The number of nitrogens with zero attached hydrogens (tertiary/aromatic N) is 1. The zero-order chi connectivity index (χ0) is 8.53. The summed E-state index contributed by atoms with van der Waals surface area (Å²) in [6.45, 7) is 1.39. The SMILES string of the molecule is N#CCCCNCCC(N)=O. The molecule has 0 aliphatic heterocycles. The van der Waals surface area contributed by atoms with Crippen molar-refractivity contribution in [2.75, 3.05) is 13.1 Å². The zero-order valence-electron chi connectivity index (χ0n) is 6.47. The fraction of sp³-hybridized carbons (Fsp3) is 0.714. The minimum atomic E-state index is -0.294. The minimum absolute atomic E-state index is 0.294. The second-order valence-electron chi connectivity index (χ2n) is 2.23. The van der Waals surface area contributed by atoms with Crippen LogP contribution < -0.4 is 11.1 Å². The van der Waals surface area contributed by atoms with Crippen molar-refractivity contribution >= 4 is 5.91 Å². The van der Waals surface area contributed by atoms with Gasteiger partial charge in [-0.3, -0.25) is 4.79 Å². The molecule has 1 amide bonds. The Morgan fingerprint density at radius 1 is 1.55 bits per heavy atom. The van der Waals surface area contributed by atoms with E-state index >= 15 is 0 Å². The van der Waals surface area contributed by atoms with Gasteiger partial charge in [0, 0.05) is 19.4 Å². The van der Waals surface area contributed by atoms with Crippen LogP contribution in [0.3, 0.4) is 0 Å². The van der Waals surface area contributed by atoms with Crippen LogP contribution in [0.15, 0.2) is 0 Å². The molecule has 0 unspecified atom stereocenters. The Bertz CT molecular complexity index is 150. The van der Waals surface area contributed by atoms with Crippen LogP contribution in [-0.2, 0) is 4.79 Å². The predicted molar refractivity (Wildman–Crippen MR) is 41.5 cm³/mol. The predicted octanol–water partition coefficient (Wildman–Crippen LogP) is -0.245. The number of carbonyl (C=O) groups is 1. The maximum absolute atomic E-state index is 10.2. The van der Waals surface area contributed by atoms with E-state index in [-0.39, 0.29) is 5.91 Å². The van der Waals surface area contributed by atoms with Crippen molar-refractivity contribution in [3.05, 3.63) is 0 Å². The molecule has 4 heteroatoms. The molecular formula is C7H13N3O. The van der Waals surface area contributed by atoms with Crippen molar-refractivity contribution in [1.29, 1.82) is 5.26 Å². The van der Waals surface area contributed by atoms with Gasteiger partial charge >= 0.3 is 0 Å². The molecule has 0 aliphatic rings. The molecule has 0 aromatic rings. The van der Waals surface area contributed by atoms with Gasteiger partial charge in [0.2, 0.25) is 5.91 Å². The quantitative estimate of drug-likeness (QED) is 0.519. The Balaban J connectivity index is 2.92. The van der Waals surface area contributed by atoms with Crippen molar-refractivity contribution in [1.82, 2.24) is 5.32 Å². The van der Waals surface area contributed by atoms with E-state index in [4.69, 9.17) is 11.0 Å². The number of unbranched alkanes of at least 4 members (excludes halogenated alkanes) is 1. The van der Waals surface area contributed by atoms with Gasteiger partial charge in [-0.05, 0) is 13.0 Å². The summed E-state index contributed by atoms with van der Waals surface area (Å²) in [5, 5.41) is 11.2. The normalized spacial score (nSPS) is 9.00. The highest BCUT2D eigenvalue weighted by atomic mass is 16.1. The summed E-state index contributed by atoms with van der Waals surface area (Å²) < 4.78 is 0. The first-order valence-corrected chi connectivity index (χ1v) is 3.63. The van der Waals surface area contributed by atoms with Crippen molar-refractivity contribution in [2.24, 2.45) is 5.73 Å². The largest absolute Gasteiger partial charge is 0.370 e. The van der Waals surface area contributed by atoms with E-state index in [1.54, 1.807) is 0 Å². The van der Waals surface area contributed by atoms with Crippen molar-refractivity contribution in [3.8, 4) is 6.07 Å². The maximum Gasteiger partial charge on any atom is 0.218 e. The molecular weight excluding hydrogens is 142 g/mol. The Morgan fingerprint density at radius 2 is 2.27 bits per heavy atom. The molecule has 3 N–H and O–H groups in total. The van der Waals surface area contributed by atoms with Crippen LogP contribution in [0.1, 0.15) is 19.3 Å². The van der Waals surface area contributed by atoms with Gasteiger partial charge in [0.25, 0.3) is 0 Å². The summed E-state index contributed by atoms with van der Waals surface area (Å²) in [6, 6.07) is 2.04. The second kappa shape index (κ2) is 7.03. The molecule has 0 saturated heterocycles. The number of primary amides is 1. The van der Waals surface area contributed by atoms with Crippen LogP contribution in [0.4, 0.5) is 0 Å². The lowest BCUT2D eigenvalue weighted by molar-refractivity contribution is -0.117. The molecule has 4 nitrogen and oxygen atoms in total. The van der Waals surface area contributed by atoms with E-state index in [2.05, 4.69) is 5.32 Å². The van der Waals surface area contributed by atoms with Gasteiger partial charge in [0.15, 0.2) is 0 Å². The number of nitrogens with one attached hydrogen (secondary N) is 1. The Labute approximate surface area is 66.4 Å². The highest BCUT2D eigenvalue weighted by molar-refractivity contribution is 5.73. The lowest BCUT2D eigenvalue weighted by Gasteiger charge is -1.99. The van der Waals surface area contributed by atoms with Gasteiger partial charge in [0.1, 0.15) is 0 Å². The number of carbonyl (C=O) groups excluding carboxylic acids is 1. The molecule has 0 spiro atoms. The van der Waals surface area contributed by atoms with Gasteiger partial charge < -0.3 is 11.1 Å². The Kier molecular flexibility index (Phi) is 6.34. The number of nitriles is 1. The molecule has 62 valence electrons. The summed E-state index contributed by atoms with van der Waals surface area (Å²) in [7, 11) is 0. The zero-order valence-corrected chi connectivity index (χ0v) is 6.47. The number of hydrogen-bond acceptors (Lipinski definition) is 3. The lowest BCUT2D eigenvalue weighted by atomic mass is 10.3. The summed E-state index contributed by atoms with van der Waals surface area (Å²) in [6.07, 6.45) is 1.76. The van der Waals surface area contributed by atoms with E-state index in [1.807, 2.05) is 6.07 Å². The van der Waals surface area contributed by atoms with Crippen molar-refractivity contribution < 1.29 is 4.79 Å². The van der Waals surface area contributed by atoms with Crippen LogP contribution in [0.2, 0.25) is 0 Å². The average Bonchev–Trinajstić information content (AvgIpc) is 1.96. The molecule has 0 fully saturated rings. The van der Waals surface area contributed by atoms with Crippen molar-refractivity contribution in [3.63, 3.8) is 0 Å². The van der Waals surface area contributed by atoms with E-state index in [9.17, 15) is 4.79 Å². The molecule has 0 saturated carbocycles. The monoisotopic (exact) mass is 155 g/mol. The van der Waals surface area contributed by atoms with Crippen LogP contribution in [0, 0.1) is 11.3 Å².